The van der Waals surface area contributed by atoms with Crippen LogP contribution in [0.15, 0.2) is 23.2 Å². The molecular weight excluding hydrogens is 460 g/mol. The zero-order valence-electron chi connectivity index (χ0n) is 16.6. The molecule has 150 valence electrons. The number of nitrogens with zero attached hydrogens (tertiary/aromatic N) is 3. The second-order valence-corrected chi connectivity index (χ2v) is 6.02. The van der Waals surface area contributed by atoms with Crippen LogP contribution in [-0.4, -0.2) is 28.9 Å². The second-order valence-electron chi connectivity index (χ2n) is 6.02. The minimum absolute atomic E-state index is 0. The van der Waals surface area contributed by atoms with Crippen molar-refractivity contribution in [3.8, 4) is 5.75 Å². The van der Waals surface area contributed by atoms with Crippen LogP contribution in [0, 0.1) is 19.7 Å². The Morgan fingerprint density at radius 3 is 2.56 bits per heavy atom. The van der Waals surface area contributed by atoms with E-state index in [0.29, 0.717) is 25.7 Å². The number of benzene rings is 1. The van der Waals surface area contributed by atoms with Gasteiger partial charge in [0.2, 0.25) is 0 Å². The molecule has 1 heterocycles. The summed E-state index contributed by atoms with van der Waals surface area (Å²) in [5, 5.41) is 10.9. The summed E-state index contributed by atoms with van der Waals surface area (Å²) in [5.41, 5.74) is 4.07. The quantitative estimate of drug-likeness (QED) is 0.356. The lowest BCUT2D eigenvalue weighted by atomic mass is 10.2. The summed E-state index contributed by atoms with van der Waals surface area (Å²) < 4.78 is 21.1. The molecule has 0 aliphatic carbocycles. The first kappa shape index (κ1) is 23.2. The van der Waals surface area contributed by atoms with Crippen LogP contribution < -0.4 is 15.4 Å². The van der Waals surface area contributed by atoms with Gasteiger partial charge in [-0.1, -0.05) is 6.07 Å². The molecule has 0 atom stereocenters. The number of rotatable bonds is 7. The molecule has 8 heteroatoms. The fraction of sp³-hybridized carbons (Fsp3) is 0.474. The maximum Gasteiger partial charge on any atom is 0.191 e. The molecule has 0 aliphatic heterocycles. The molecule has 0 spiro atoms. The van der Waals surface area contributed by atoms with E-state index in [4.69, 9.17) is 4.74 Å². The molecule has 6 nitrogen and oxygen atoms in total. The van der Waals surface area contributed by atoms with Gasteiger partial charge >= 0.3 is 0 Å². The average Bonchev–Trinajstić information content (AvgIpc) is 2.85. The Kier molecular flexibility index (Phi) is 9.54. The highest BCUT2D eigenvalue weighted by Crippen LogP contribution is 2.18. The van der Waals surface area contributed by atoms with E-state index < -0.39 is 0 Å². The smallest absolute Gasteiger partial charge is 0.191 e. The molecule has 0 bridgehead atoms. The van der Waals surface area contributed by atoms with E-state index in [2.05, 4.69) is 20.7 Å². The van der Waals surface area contributed by atoms with E-state index in [1.54, 1.807) is 6.07 Å². The normalized spacial score (nSPS) is 11.1. The van der Waals surface area contributed by atoms with E-state index in [9.17, 15) is 4.39 Å². The predicted octanol–water partition coefficient (Wildman–Crippen LogP) is 3.45. The van der Waals surface area contributed by atoms with Crippen molar-refractivity contribution in [3.05, 3.63) is 46.5 Å². The Morgan fingerprint density at radius 1 is 1.26 bits per heavy atom. The van der Waals surface area contributed by atoms with Gasteiger partial charge in [0.05, 0.1) is 18.8 Å². The standard InChI is InChI=1S/C19H28FN5O.HI/c1-6-21-19(23-12-16-13(3)24-25(5)14(16)4)22-11-15-8-9-18(26-7-2)17(20)10-15;/h8-10H,6-7,11-12H2,1-5H3,(H2,21,22,23);1H. The molecule has 0 radical (unpaired) electrons. The summed E-state index contributed by atoms with van der Waals surface area (Å²) in [5.74, 6) is 0.594. The Hall–Kier alpha value is -1.84. The Morgan fingerprint density at radius 2 is 2.00 bits per heavy atom. The predicted molar refractivity (Wildman–Crippen MR) is 117 cm³/mol. The molecular formula is C19H29FIN5O. The molecule has 0 saturated heterocycles. The van der Waals surface area contributed by atoms with Crippen LogP contribution in [0.25, 0.3) is 0 Å². The molecule has 0 saturated carbocycles. The SMILES string of the molecule is CCNC(=NCc1ccc(OCC)c(F)c1)NCc1c(C)nn(C)c1C.I. The molecule has 2 aromatic rings. The highest BCUT2D eigenvalue weighted by molar-refractivity contribution is 14.0. The van der Waals surface area contributed by atoms with Crippen LogP contribution in [0.5, 0.6) is 5.75 Å². The monoisotopic (exact) mass is 489 g/mol. The molecule has 27 heavy (non-hydrogen) atoms. The molecule has 1 aromatic carbocycles. The number of guanidine groups is 1. The lowest BCUT2D eigenvalue weighted by Gasteiger charge is -2.12. The van der Waals surface area contributed by atoms with E-state index >= 15 is 0 Å². The maximum atomic E-state index is 14.0. The number of nitrogens with one attached hydrogen (secondary N) is 2. The fourth-order valence-corrected chi connectivity index (χ4v) is 2.67. The summed E-state index contributed by atoms with van der Waals surface area (Å²) in [6.07, 6.45) is 0. The molecule has 0 fully saturated rings. The van der Waals surface area contributed by atoms with Gasteiger partial charge in [-0.25, -0.2) is 9.38 Å². The van der Waals surface area contributed by atoms with Gasteiger partial charge < -0.3 is 15.4 Å². The number of halogens is 2. The van der Waals surface area contributed by atoms with Gasteiger partial charge in [-0.3, -0.25) is 4.68 Å². The minimum Gasteiger partial charge on any atom is -0.491 e. The number of aromatic nitrogens is 2. The average molecular weight is 489 g/mol. The zero-order chi connectivity index (χ0) is 19.1. The second kappa shape index (κ2) is 11.1. The largest absolute Gasteiger partial charge is 0.491 e. The van der Waals surface area contributed by atoms with Crippen molar-refractivity contribution >= 4 is 29.9 Å². The number of hydrogen-bond acceptors (Lipinski definition) is 3. The molecule has 0 amide bonds. The number of aryl methyl sites for hydroxylation is 2. The van der Waals surface area contributed by atoms with Crippen molar-refractivity contribution in [2.75, 3.05) is 13.2 Å². The third kappa shape index (κ3) is 6.37. The molecule has 2 rings (SSSR count). The highest BCUT2D eigenvalue weighted by Gasteiger charge is 2.10. The summed E-state index contributed by atoms with van der Waals surface area (Å²) in [6, 6.07) is 4.94. The van der Waals surface area contributed by atoms with Gasteiger partial charge in [0.25, 0.3) is 0 Å². The van der Waals surface area contributed by atoms with E-state index in [1.165, 1.54) is 6.07 Å². The van der Waals surface area contributed by atoms with Crippen molar-refractivity contribution in [3.63, 3.8) is 0 Å². The summed E-state index contributed by atoms with van der Waals surface area (Å²) in [6.45, 7) is 10.1. The number of hydrogen-bond donors (Lipinski definition) is 2. The fourth-order valence-electron chi connectivity index (χ4n) is 2.67. The third-order valence-electron chi connectivity index (χ3n) is 4.15. The Balaban J connectivity index is 0.00000364. The Bertz CT molecular complexity index is 776. The van der Waals surface area contributed by atoms with Crippen LogP contribution >= 0.6 is 24.0 Å². The maximum absolute atomic E-state index is 14.0. The zero-order valence-corrected chi connectivity index (χ0v) is 18.9. The van der Waals surface area contributed by atoms with E-state index in [-0.39, 0.29) is 35.5 Å². The van der Waals surface area contributed by atoms with Gasteiger partial charge in [0.15, 0.2) is 17.5 Å². The van der Waals surface area contributed by atoms with Gasteiger partial charge in [-0.05, 0) is 45.4 Å². The van der Waals surface area contributed by atoms with Crippen LogP contribution in [-0.2, 0) is 20.1 Å². The Labute approximate surface area is 177 Å². The van der Waals surface area contributed by atoms with Crippen molar-refractivity contribution in [2.45, 2.75) is 40.8 Å². The molecule has 0 aliphatic rings. The van der Waals surface area contributed by atoms with Crippen LogP contribution in [0.3, 0.4) is 0 Å². The van der Waals surface area contributed by atoms with Gasteiger partial charge in [0, 0.05) is 31.4 Å². The van der Waals surface area contributed by atoms with Gasteiger partial charge in [-0.2, -0.15) is 5.10 Å². The topological polar surface area (TPSA) is 63.5 Å². The minimum atomic E-state index is -0.362. The lowest BCUT2D eigenvalue weighted by Crippen LogP contribution is -2.37. The van der Waals surface area contributed by atoms with Gasteiger partial charge in [-0.15, -0.1) is 24.0 Å². The number of aliphatic imine (C=N–C) groups is 1. The van der Waals surface area contributed by atoms with Crippen LogP contribution in [0.1, 0.15) is 36.4 Å². The lowest BCUT2D eigenvalue weighted by molar-refractivity contribution is 0.321. The van der Waals surface area contributed by atoms with Crippen molar-refractivity contribution in [2.24, 2.45) is 12.0 Å². The van der Waals surface area contributed by atoms with Crippen LogP contribution in [0.2, 0.25) is 0 Å². The first-order valence-corrected chi connectivity index (χ1v) is 8.88. The summed E-state index contributed by atoms with van der Waals surface area (Å²) in [7, 11) is 1.94. The summed E-state index contributed by atoms with van der Waals surface area (Å²) >= 11 is 0. The van der Waals surface area contributed by atoms with Crippen molar-refractivity contribution in [1.82, 2.24) is 20.4 Å². The van der Waals surface area contributed by atoms with Crippen molar-refractivity contribution < 1.29 is 9.13 Å². The first-order valence-electron chi connectivity index (χ1n) is 8.88. The molecule has 1 aromatic heterocycles. The van der Waals surface area contributed by atoms with Crippen molar-refractivity contribution in [1.29, 1.82) is 0 Å². The van der Waals surface area contributed by atoms with E-state index in [1.807, 2.05) is 45.5 Å². The number of ether oxygens (including phenoxy) is 1. The third-order valence-corrected chi connectivity index (χ3v) is 4.15. The van der Waals surface area contributed by atoms with Gasteiger partial charge in [0.1, 0.15) is 0 Å². The molecule has 2 N–H and O–H groups in total. The van der Waals surface area contributed by atoms with Crippen LogP contribution in [0.4, 0.5) is 4.39 Å². The highest BCUT2D eigenvalue weighted by atomic mass is 127. The first-order chi connectivity index (χ1) is 12.5. The molecule has 0 unspecified atom stereocenters. The van der Waals surface area contributed by atoms with E-state index in [0.717, 1.165) is 29.1 Å². The summed E-state index contributed by atoms with van der Waals surface area (Å²) in [4.78, 5) is 4.54.